The molecule has 2 heterocycles. The molecular formula is C13H7Br2ClN4O. The van der Waals surface area contributed by atoms with Crippen LogP contribution in [0.25, 0.3) is 23.0 Å². The molecule has 106 valence electrons. The molecule has 21 heavy (non-hydrogen) atoms. The van der Waals surface area contributed by atoms with Gasteiger partial charge in [0.2, 0.25) is 5.82 Å². The van der Waals surface area contributed by atoms with Crippen LogP contribution in [0.5, 0.6) is 0 Å². The Bertz CT molecular complexity index is 801. The van der Waals surface area contributed by atoms with E-state index in [0.29, 0.717) is 27.8 Å². The lowest BCUT2D eigenvalue weighted by Gasteiger charge is -2.02. The standard InChI is InChI=1S/C13H7Br2ClN4O/c14-6-4-7(15)11(18-5-6)12-19-13(21-20-12)10-8(16)2-1-3-9(10)17/h1-5H,17H2. The Morgan fingerprint density at radius 2 is 2.05 bits per heavy atom. The molecule has 3 rings (SSSR count). The first kappa shape index (κ1) is 14.5. The topological polar surface area (TPSA) is 77.8 Å². The molecule has 0 aliphatic heterocycles. The van der Waals surface area contributed by atoms with E-state index in [4.69, 9.17) is 21.9 Å². The Kier molecular flexibility index (Phi) is 3.97. The minimum Gasteiger partial charge on any atom is -0.398 e. The summed E-state index contributed by atoms with van der Waals surface area (Å²) >= 11 is 12.9. The molecule has 0 saturated carbocycles. The Morgan fingerprint density at radius 1 is 1.24 bits per heavy atom. The Labute approximate surface area is 141 Å². The van der Waals surface area contributed by atoms with Crippen molar-refractivity contribution in [3.8, 4) is 23.0 Å². The second-order valence-corrected chi connectivity index (χ2v) is 6.29. The summed E-state index contributed by atoms with van der Waals surface area (Å²) in [6.45, 7) is 0. The van der Waals surface area contributed by atoms with E-state index >= 15 is 0 Å². The van der Waals surface area contributed by atoms with E-state index in [0.717, 1.165) is 8.95 Å². The summed E-state index contributed by atoms with van der Waals surface area (Å²) in [7, 11) is 0. The molecule has 3 aromatic rings. The van der Waals surface area contributed by atoms with E-state index in [9.17, 15) is 0 Å². The number of aromatic nitrogens is 3. The maximum Gasteiger partial charge on any atom is 0.261 e. The van der Waals surface area contributed by atoms with E-state index in [2.05, 4.69) is 47.0 Å². The van der Waals surface area contributed by atoms with E-state index in [-0.39, 0.29) is 5.89 Å². The molecule has 0 unspecified atom stereocenters. The van der Waals surface area contributed by atoms with Gasteiger partial charge in [0.15, 0.2) is 0 Å². The summed E-state index contributed by atoms with van der Waals surface area (Å²) in [5.41, 5.74) is 7.47. The fourth-order valence-corrected chi connectivity index (χ4v) is 3.19. The number of nitrogens with zero attached hydrogens (tertiary/aromatic N) is 3. The van der Waals surface area contributed by atoms with Crippen LogP contribution in [0.1, 0.15) is 0 Å². The molecule has 0 fully saturated rings. The molecule has 0 atom stereocenters. The highest BCUT2D eigenvalue weighted by atomic mass is 79.9. The first-order valence-electron chi connectivity index (χ1n) is 5.75. The molecular weight excluding hydrogens is 423 g/mol. The van der Waals surface area contributed by atoms with Gasteiger partial charge in [0.05, 0.1) is 10.6 Å². The molecule has 0 spiro atoms. The van der Waals surface area contributed by atoms with Crippen molar-refractivity contribution >= 4 is 49.1 Å². The van der Waals surface area contributed by atoms with Crippen molar-refractivity contribution in [2.75, 3.05) is 5.73 Å². The SMILES string of the molecule is Nc1cccc(Cl)c1-c1nc(-c2ncc(Br)cc2Br)no1. The molecule has 5 nitrogen and oxygen atoms in total. The largest absolute Gasteiger partial charge is 0.398 e. The normalized spacial score (nSPS) is 10.8. The number of rotatable bonds is 2. The zero-order chi connectivity index (χ0) is 15.0. The highest BCUT2D eigenvalue weighted by Crippen LogP contribution is 2.34. The Hall–Kier alpha value is -1.44. The van der Waals surface area contributed by atoms with Crippen molar-refractivity contribution < 1.29 is 4.52 Å². The zero-order valence-corrected chi connectivity index (χ0v) is 14.3. The third-order valence-corrected chi connectivity index (χ3v) is 4.06. The van der Waals surface area contributed by atoms with Gasteiger partial charge in [-0.2, -0.15) is 4.98 Å². The molecule has 0 amide bonds. The molecule has 2 N–H and O–H groups in total. The van der Waals surface area contributed by atoms with E-state index in [1.165, 1.54) is 0 Å². The lowest BCUT2D eigenvalue weighted by atomic mass is 10.2. The van der Waals surface area contributed by atoms with Gasteiger partial charge in [-0.25, -0.2) is 0 Å². The highest BCUT2D eigenvalue weighted by molar-refractivity contribution is 9.11. The molecule has 8 heteroatoms. The summed E-state index contributed by atoms with van der Waals surface area (Å²) in [6.07, 6.45) is 1.65. The Balaban J connectivity index is 2.08. The van der Waals surface area contributed by atoms with Crippen LogP contribution in [0.2, 0.25) is 5.02 Å². The van der Waals surface area contributed by atoms with Gasteiger partial charge >= 0.3 is 0 Å². The first-order chi connectivity index (χ1) is 10.1. The van der Waals surface area contributed by atoms with Gasteiger partial charge in [-0.3, -0.25) is 4.98 Å². The van der Waals surface area contributed by atoms with Crippen LogP contribution in [0, 0.1) is 0 Å². The third kappa shape index (κ3) is 2.81. The summed E-state index contributed by atoms with van der Waals surface area (Å²) in [5, 5.41) is 4.38. The molecule has 0 saturated heterocycles. The van der Waals surface area contributed by atoms with Gasteiger partial charge in [0.1, 0.15) is 5.69 Å². The number of hydrogen-bond acceptors (Lipinski definition) is 5. The zero-order valence-electron chi connectivity index (χ0n) is 10.3. The lowest BCUT2D eigenvalue weighted by molar-refractivity contribution is 0.432. The first-order valence-corrected chi connectivity index (χ1v) is 7.72. The second kappa shape index (κ2) is 5.75. The number of pyridine rings is 1. The molecule has 0 bridgehead atoms. The van der Waals surface area contributed by atoms with Gasteiger partial charge in [0, 0.05) is 20.8 Å². The summed E-state index contributed by atoms with van der Waals surface area (Å²) in [4.78, 5) is 8.57. The van der Waals surface area contributed by atoms with Crippen molar-refractivity contribution in [3.63, 3.8) is 0 Å². The summed E-state index contributed by atoms with van der Waals surface area (Å²) < 4.78 is 6.85. The minimum atomic E-state index is 0.254. The fourth-order valence-electron chi connectivity index (χ4n) is 1.77. The predicted molar refractivity (Wildman–Crippen MR) is 87.8 cm³/mol. The van der Waals surface area contributed by atoms with E-state index < -0.39 is 0 Å². The maximum atomic E-state index is 6.13. The van der Waals surface area contributed by atoms with Crippen molar-refractivity contribution in [3.05, 3.63) is 44.4 Å². The van der Waals surface area contributed by atoms with Crippen molar-refractivity contribution in [1.82, 2.24) is 15.1 Å². The molecule has 0 radical (unpaired) electrons. The third-order valence-electron chi connectivity index (χ3n) is 2.71. The lowest BCUT2D eigenvalue weighted by Crippen LogP contribution is -1.91. The van der Waals surface area contributed by atoms with Gasteiger partial charge in [-0.15, -0.1) is 0 Å². The number of anilines is 1. The number of hydrogen-bond donors (Lipinski definition) is 1. The minimum absolute atomic E-state index is 0.254. The maximum absolute atomic E-state index is 6.13. The summed E-state index contributed by atoms with van der Waals surface area (Å²) in [5.74, 6) is 0.605. The van der Waals surface area contributed by atoms with Crippen molar-refractivity contribution in [2.24, 2.45) is 0 Å². The van der Waals surface area contributed by atoms with Crippen LogP contribution in [0.15, 0.2) is 43.9 Å². The predicted octanol–water partition coefficient (Wildman–Crippen LogP) is 4.56. The molecule has 0 aliphatic carbocycles. The van der Waals surface area contributed by atoms with Crippen LogP contribution in [0.4, 0.5) is 5.69 Å². The number of nitrogens with two attached hydrogens (primary N) is 1. The molecule has 1 aromatic carbocycles. The van der Waals surface area contributed by atoms with Crippen LogP contribution in [0.3, 0.4) is 0 Å². The fraction of sp³-hybridized carbons (Fsp3) is 0. The monoisotopic (exact) mass is 428 g/mol. The van der Waals surface area contributed by atoms with Crippen LogP contribution < -0.4 is 5.73 Å². The average molecular weight is 430 g/mol. The molecule has 0 aliphatic rings. The average Bonchev–Trinajstić information content (AvgIpc) is 2.87. The van der Waals surface area contributed by atoms with E-state index in [1.807, 2.05) is 6.07 Å². The smallest absolute Gasteiger partial charge is 0.261 e. The molecule has 2 aromatic heterocycles. The van der Waals surface area contributed by atoms with E-state index in [1.54, 1.807) is 24.4 Å². The highest BCUT2D eigenvalue weighted by Gasteiger charge is 2.18. The number of nitrogen functional groups attached to an aromatic ring is 1. The van der Waals surface area contributed by atoms with Crippen molar-refractivity contribution in [2.45, 2.75) is 0 Å². The Morgan fingerprint density at radius 3 is 2.76 bits per heavy atom. The summed E-state index contributed by atoms with van der Waals surface area (Å²) in [6, 6.07) is 7.04. The van der Waals surface area contributed by atoms with Crippen LogP contribution in [-0.2, 0) is 0 Å². The van der Waals surface area contributed by atoms with Gasteiger partial charge in [-0.1, -0.05) is 22.8 Å². The second-order valence-electron chi connectivity index (χ2n) is 4.11. The van der Waals surface area contributed by atoms with Gasteiger partial charge in [-0.05, 0) is 50.1 Å². The van der Waals surface area contributed by atoms with Gasteiger partial charge in [0.25, 0.3) is 5.89 Å². The van der Waals surface area contributed by atoms with Crippen molar-refractivity contribution in [1.29, 1.82) is 0 Å². The van der Waals surface area contributed by atoms with Gasteiger partial charge < -0.3 is 10.3 Å². The van der Waals surface area contributed by atoms with Crippen LogP contribution >= 0.6 is 43.5 Å². The number of halogens is 3. The van der Waals surface area contributed by atoms with Crippen LogP contribution in [-0.4, -0.2) is 15.1 Å². The number of benzene rings is 1. The quantitative estimate of drug-likeness (QED) is 0.603.